The van der Waals surface area contributed by atoms with Crippen LogP contribution in [0.4, 0.5) is 6.01 Å². The first-order valence-corrected chi connectivity index (χ1v) is 5.17. The van der Waals surface area contributed by atoms with Crippen molar-refractivity contribution in [3.63, 3.8) is 0 Å². The fourth-order valence-corrected chi connectivity index (χ4v) is 1.64. The zero-order valence-electron chi connectivity index (χ0n) is 7.77. The van der Waals surface area contributed by atoms with Gasteiger partial charge in [0.05, 0.1) is 10.6 Å². The van der Waals surface area contributed by atoms with E-state index < -0.39 is 0 Å². The Morgan fingerprint density at radius 3 is 3.13 bits per heavy atom. The Labute approximate surface area is 89.9 Å². The molecule has 2 aromatic rings. The van der Waals surface area contributed by atoms with Gasteiger partial charge in [0.15, 0.2) is 0 Å². The van der Waals surface area contributed by atoms with Gasteiger partial charge in [-0.2, -0.15) is 4.98 Å². The summed E-state index contributed by atoms with van der Waals surface area (Å²) in [4.78, 5) is 16.1. The Morgan fingerprint density at radius 1 is 1.67 bits per heavy atom. The molecule has 2 rings (SSSR count). The number of thiophene rings is 1. The Balaban J connectivity index is 2.06. The van der Waals surface area contributed by atoms with Crippen molar-refractivity contribution in [1.29, 1.82) is 0 Å². The molecule has 2 heterocycles. The van der Waals surface area contributed by atoms with E-state index in [2.05, 4.69) is 10.3 Å². The van der Waals surface area contributed by atoms with Gasteiger partial charge in [0.25, 0.3) is 5.91 Å². The first-order chi connectivity index (χ1) is 7.29. The van der Waals surface area contributed by atoms with E-state index in [-0.39, 0.29) is 11.9 Å². The molecule has 3 N–H and O–H groups in total. The predicted molar refractivity (Wildman–Crippen MR) is 56.7 cm³/mol. The van der Waals surface area contributed by atoms with Crippen LogP contribution in [-0.4, -0.2) is 10.9 Å². The van der Waals surface area contributed by atoms with Crippen molar-refractivity contribution >= 4 is 23.3 Å². The number of oxazole rings is 1. The van der Waals surface area contributed by atoms with Gasteiger partial charge in [0, 0.05) is 6.54 Å². The second-order valence-electron chi connectivity index (χ2n) is 2.78. The molecule has 0 radical (unpaired) electrons. The number of amides is 1. The highest BCUT2D eigenvalue weighted by Crippen LogP contribution is 2.12. The molecule has 6 heteroatoms. The van der Waals surface area contributed by atoms with Gasteiger partial charge in [0.1, 0.15) is 6.26 Å². The van der Waals surface area contributed by atoms with Crippen LogP contribution in [0.1, 0.15) is 15.4 Å². The highest BCUT2D eigenvalue weighted by molar-refractivity contribution is 7.12. The van der Waals surface area contributed by atoms with E-state index >= 15 is 0 Å². The molecule has 0 fully saturated rings. The van der Waals surface area contributed by atoms with Gasteiger partial charge < -0.3 is 10.2 Å². The van der Waals surface area contributed by atoms with Crippen molar-refractivity contribution in [2.24, 2.45) is 5.73 Å². The predicted octanol–water partition coefficient (Wildman–Crippen LogP) is 1.45. The van der Waals surface area contributed by atoms with Crippen molar-refractivity contribution in [2.45, 2.75) is 6.54 Å². The van der Waals surface area contributed by atoms with Crippen molar-refractivity contribution in [2.75, 3.05) is 5.32 Å². The smallest absolute Gasteiger partial charge is 0.301 e. The van der Waals surface area contributed by atoms with E-state index in [9.17, 15) is 4.79 Å². The molecular formula is C9H9N3O2S. The molecule has 5 nitrogen and oxygen atoms in total. The fourth-order valence-electron chi connectivity index (χ4n) is 1.02. The number of hydrogen-bond acceptors (Lipinski definition) is 5. The summed E-state index contributed by atoms with van der Waals surface area (Å²) in [6.45, 7) is 0.290. The van der Waals surface area contributed by atoms with Crippen LogP contribution in [0.25, 0.3) is 0 Å². The highest BCUT2D eigenvalue weighted by Gasteiger charge is 2.10. The summed E-state index contributed by atoms with van der Waals surface area (Å²) in [5, 5.41) is 4.37. The Kier molecular flexibility index (Phi) is 2.79. The second kappa shape index (κ2) is 4.24. The van der Waals surface area contributed by atoms with E-state index in [1.807, 2.05) is 5.38 Å². The lowest BCUT2D eigenvalue weighted by atomic mass is 10.4. The molecule has 0 aliphatic rings. The molecule has 0 saturated carbocycles. The molecule has 0 aliphatic carbocycles. The Bertz CT molecular complexity index is 450. The minimum absolute atomic E-state index is 0.175. The molecule has 2 aromatic heterocycles. The van der Waals surface area contributed by atoms with Crippen molar-refractivity contribution < 1.29 is 9.21 Å². The van der Waals surface area contributed by atoms with Crippen LogP contribution < -0.4 is 11.1 Å². The molecular weight excluding hydrogens is 214 g/mol. The zero-order valence-corrected chi connectivity index (χ0v) is 8.58. The SMILES string of the molecule is NCc1coc(NC(=O)c2cccs2)n1. The van der Waals surface area contributed by atoms with Crippen LogP contribution in [0.3, 0.4) is 0 Å². The van der Waals surface area contributed by atoms with Crippen LogP contribution >= 0.6 is 11.3 Å². The van der Waals surface area contributed by atoms with Gasteiger partial charge >= 0.3 is 6.01 Å². The molecule has 78 valence electrons. The summed E-state index contributed by atoms with van der Waals surface area (Å²) >= 11 is 1.36. The van der Waals surface area contributed by atoms with Crippen LogP contribution in [0.2, 0.25) is 0 Å². The lowest BCUT2D eigenvalue weighted by molar-refractivity contribution is 0.102. The van der Waals surface area contributed by atoms with Gasteiger partial charge in [-0.3, -0.25) is 10.1 Å². The molecule has 0 saturated heterocycles. The second-order valence-corrected chi connectivity index (χ2v) is 3.73. The first kappa shape index (κ1) is 9.88. The van der Waals surface area contributed by atoms with Crippen LogP contribution in [-0.2, 0) is 6.54 Å². The lowest BCUT2D eigenvalue weighted by Crippen LogP contribution is -2.10. The van der Waals surface area contributed by atoms with Crippen molar-refractivity contribution in [3.05, 3.63) is 34.3 Å². The fraction of sp³-hybridized carbons (Fsp3) is 0.111. The molecule has 1 amide bonds. The van der Waals surface area contributed by atoms with Crippen LogP contribution in [0.15, 0.2) is 28.2 Å². The summed E-state index contributed by atoms with van der Waals surface area (Å²) in [6.07, 6.45) is 1.42. The van der Waals surface area contributed by atoms with E-state index in [0.29, 0.717) is 17.1 Å². The maximum atomic E-state index is 11.5. The average Bonchev–Trinajstić information content (AvgIpc) is 2.87. The topological polar surface area (TPSA) is 81.1 Å². The average molecular weight is 223 g/mol. The van der Waals surface area contributed by atoms with Gasteiger partial charge in [-0.1, -0.05) is 6.07 Å². The largest absolute Gasteiger partial charge is 0.432 e. The normalized spacial score (nSPS) is 10.2. The van der Waals surface area contributed by atoms with Gasteiger partial charge in [0.2, 0.25) is 0 Å². The van der Waals surface area contributed by atoms with E-state index in [1.54, 1.807) is 12.1 Å². The maximum Gasteiger partial charge on any atom is 0.301 e. The summed E-state index contributed by atoms with van der Waals surface area (Å²) < 4.78 is 5.01. The third-order valence-electron chi connectivity index (χ3n) is 1.73. The van der Waals surface area contributed by atoms with E-state index in [1.165, 1.54) is 17.6 Å². The molecule has 0 atom stereocenters. The number of carbonyl (C=O) groups excluding carboxylic acids is 1. The number of nitrogens with zero attached hydrogens (tertiary/aromatic N) is 1. The van der Waals surface area contributed by atoms with Crippen molar-refractivity contribution in [3.8, 4) is 0 Å². The van der Waals surface area contributed by atoms with E-state index in [0.717, 1.165) is 0 Å². The van der Waals surface area contributed by atoms with E-state index in [4.69, 9.17) is 10.2 Å². The standard InChI is InChI=1S/C9H9N3O2S/c10-4-6-5-14-9(11-6)12-8(13)7-2-1-3-15-7/h1-3,5H,4,10H2,(H,11,12,13). The van der Waals surface area contributed by atoms with Crippen molar-refractivity contribution in [1.82, 2.24) is 4.98 Å². The number of carbonyl (C=O) groups is 1. The summed E-state index contributed by atoms with van der Waals surface area (Å²) in [5.41, 5.74) is 5.96. The highest BCUT2D eigenvalue weighted by atomic mass is 32.1. The quantitative estimate of drug-likeness (QED) is 0.825. The number of aromatic nitrogens is 1. The van der Waals surface area contributed by atoms with Gasteiger partial charge in [-0.15, -0.1) is 11.3 Å². The molecule has 15 heavy (non-hydrogen) atoms. The third-order valence-corrected chi connectivity index (χ3v) is 2.59. The monoisotopic (exact) mass is 223 g/mol. The number of anilines is 1. The van der Waals surface area contributed by atoms with Crippen LogP contribution in [0.5, 0.6) is 0 Å². The van der Waals surface area contributed by atoms with Gasteiger partial charge in [-0.05, 0) is 11.4 Å². The summed E-state index contributed by atoms with van der Waals surface area (Å²) in [6, 6.07) is 3.71. The molecule has 0 bridgehead atoms. The lowest BCUT2D eigenvalue weighted by Gasteiger charge is -1.95. The molecule has 0 unspecified atom stereocenters. The maximum absolute atomic E-state index is 11.5. The number of nitrogens with two attached hydrogens (primary N) is 1. The summed E-state index contributed by atoms with van der Waals surface area (Å²) in [7, 11) is 0. The number of nitrogens with one attached hydrogen (secondary N) is 1. The van der Waals surface area contributed by atoms with Gasteiger partial charge in [-0.25, -0.2) is 0 Å². The molecule has 0 aliphatic heterocycles. The first-order valence-electron chi connectivity index (χ1n) is 4.29. The number of hydrogen-bond donors (Lipinski definition) is 2. The molecule has 0 spiro atoms. The van der Waals surface area contributed by atoms with Crippen LogP contribution in [0, 0.1) is 0 Å². The molecule has 0 aromatic carbocycles. The minimum atomic E-state index is -0.226. The third kappa shape index (κ3) is 2.23. The Hall–Kier alpha value is -1.66. The Morgan fingerprint density at radius 2 is 2.53 bits per heavy atom. The number of rotatable bonds is 3. The minimum Gasteiger partial charge on any atom is -0.432 e. The zero-order chi connectivity index (χ0) is 10.7. The summed E-state index contributed by atoms with van der Waals surface area (Å²) in [5.74, 6) is -0.226.